The molecule has 10 heteroatoms. The van der Waals surface area contributed by atoms with Crippen LogP contribution in [-0.4, -0.2) is 20.7 Å². The third-order valence-corrected chi connectivity index (χ3v) is 8.14. The maximum absolute atomic E-state index is 13.4. The van der Waals surface area contributed by atoms with E-state index in [-0.39, 0.29) is 11.7 Å². The molecule has 0 bridgehead atoms. The molecule has 0 spiro atoms. The Morgan fingerprint density at radius 3 is 2.47 bits per heavy atom. The van der Waals surface area contributed by atoms with Crippen molar-refractivity contribution in [2.75, 3.05) is 0 Å². The number of thioether (sulfide) groups is 1. The molecule has 2 heterocycles. The predicted octanol–water partition coefficient (Wildman–Crippen LogP) is 7.78. The molecule has 0 saturated heterocycles. The van der Waals surface area contributed by atoms with Crippen LogP contribution in [0, 0.1) is 5.82 Å². The summed E-state index contributed by atoms with van der Waals surface area (Å²) in [5.74, 6) is 0.583. The van der Waals surface area contributed by atoms with Crippen molar-refractivity contribution in [2.45, 2.75) is 23.4 Å². The Bertz CT molecular complexity index is 1530. The van der Waals surface area contributed by atoms with E-state index in [0.717, 1.165) is 11.1 Å². The van der Waals surface area contributed by atoms with E-state index in [1.54, 1.807) is 36.4 Å². The molecule has 1 amide bonds. The zero-order valence-electron chi connectivity index (χ0n) is 19.9. The first-order chi connectivity index (χ1) is 18.5. The Kier molecular flexibility index (Phi) is 8.44. The van der Waals surface area contributed by atoms with Crippen LogP contribution in [0.5, 0.6) is 0 Å². The molecule has 3 aromatic carbocycles. The fraction of sp³-hybridized carbons (Fsp3) is 0.107. The Labute approximate surface area is 237 Å². The average Bonchev–Trinajstić information content (AvgIpc) is 3.60. The summed E-state index contributed by atoms with van der Waals surface area (Å²) in [6, 6.07) is 24.5. The maximum Gasteiger partial charge on any atom is 0.261 e. The van der Waals surface area contributed by atoms with Gasteiger partial charge in [-0.15, -0.1) is 21.5 Å². The molecule has 0 aliphatic rings. The third kappa shape index (κ3) is 6.27. The van der Waals surface area contributed by atoms with Gasteiger partial charge in [0.1, 0.15) is 5.82 Å². The summed E-state index contributed by atoms with van der Waals surface area (Å²) in [7, 11) is 0. The van der Waals surface area contributed by atoms with Crippen LogP contribution in [0.1, 0.15) is 32.7 Å². The van der Waals surface area contributed by atoms with Crippen LogP contribution in [0.4, 0.5) is 4.39 Å². The molecule has 0 radical (unpaired) electrons. The maximum atomic E-state index is 13.4. The highest BCUT2D eigenvalue weighted by Gasteiger charge is 2.26. The number of aromatic nitrogens is 3. The van der Waals surface area contributed by atoms with Crippen LogP contribution >= 0.6 is 46.3 Å². The molecular weight excluding hydrogens is 562 g/mol. The Balaban J connectivity index is 1.56. The van der Waals surface area contributed by atoms with Gasteiger partial charge in [0, 0.05) is 10.8 Å². The lowest BCUT2D eigenvalue weighted by molar-refractivity contribution is 0.0938. The average molecular weight is 584 g/mol. The number of hydrogen-bond donors (Lipinski definition) is 1. The van der Waals surface area contributed by atoms with Gasteiger partial charge in [-0.3, -0.25) is 9.36 Å². The Morgan fingerprint density at radius 2 is 1.76 bits per heavy atom. The number of thiophene rings is 1. The molecule has 2 aromatic heterocycles. The lowest BCUT2D eigenvalue weighted by Gasteiger charge is -2.20. The number of hydrogen-bond acceptors (Lipinski definition) is 5. The van der Waals surface area contributed by atoms with E-state index in [9.17, 15) is 9.18 Å². The van der Waals surface area contributed by atoms with Gasteiger partial charge in [-0.05, 0) is 59.3 Å². The molecule has 1 unspecified atom stereocenters. The van der Waals surface area contributed by atoms with Gasteiger partial charge >= 0.3 is 0 Å². The SMILES string of the molecule is O=C(NC(Cc1ccccc1)c1nnc(SCc2ccc(F)cc2)n1-c1ccc(Cl)cc1Cl)c1cccs1. The number of nitrogens with one attached hydrogen (secondary N) is 1. The second-order valence-electron chi connectivity index (χ2n) is 8.38. The van der Waals surface area contributed by atoms with Gasteiger partial charge < -0.3 is 5.32 Å². The minimum absolute atomic E-state index is 0.196. The highest BCUT2D eigenvalue weighted by Crippen LogP contribution is 2.33. The quantitative estimate of drug-likeness (QED) is 0.180. The van der Waals surface area contributed by atoms with Crippen LogP contribution in [0.15, 0.2) is 95.5 Å². The first kappa shape index (κ1) is 26.4. The third-order valence-electron chi connectivity index (χ3n) is 5.73. The van der Waals surface area contributed by atoms with Gasteiger partial charge in [0.2, 0.25) is 0 Å². The van der Waals surface area contributed by atoms with E-state index in [1.165, 1.54) is 35.2 Å². The van der Waals surface area contributed by atoms with E-state index < -0.39 is 6.04 Å². The van der Waals surface area contributed by atoms with Crippen molar-refractivity contribution < 1.29 is 9.18 Å². The molecule has 0 aliphatic heterocycles. The van der Waals surface area contributed by atoms with Crippen LogP contribution < -0.4 is 5.32 Å². The minimum Gasteiger partial charge on any atom is -0.341 e. The molecule has 5 nitrogen and oxygen atoms in total. The van der Waals surface area contributed by atoms with Crippen LogP contribution in [0.3, 0.4) is 0 Å². The van der Waals surface area contributed by atoms with Gasteiger partial charge in [0.05, 0.1) is 21.6 Å². The van der Waals surface area contributed by atoms with E-state index in [4.69, 9.17) is 23.2 Å². The number of amides is 1. The van der Waals surface area contributed by atoms with Gasteiger partial charge in [0.15, 0.2) is 11.0 Å². The van der Waals surface area contributed by atoms with E-state index >= 15 is 0 Å². The van der Waals surface area contributed by atoms with Crippen LogP contribution in [0.2, 0.25) is 10.0 Å². The number of benzene rings is 3. The van der Waals surface area contributed by atoms with Crippen LogP contribution in [0.25, 0.3) is 5.69 Å². The molecule has 5 rings (SSSR count). The van der Waals surface area contributed by atoms with Crippen molar-refractivity contribution >= 4 is 52.2 Å². The molecule has 1 atom stereocenters. The topological polar surface area (TPSA) is 59.8 Å². The highest BCUT2D eigenvalue weighted by atomic mass is 35.5. The zero-order chi connectivity index (χ0) is 26.5. The van der Waals surface area contributed by atoms with Crippen molar-refractivity contribution in [3.05, 3.63) is 128 Å². The van der Waals surface area contributed by atoms with Gasteiger partial charge in [0.25, 0.3) is 5.91 Å². The summed E-state index contributed by atoms with van der Waals surface area (Å²) < 4.78 is 15.3. The summed E-state index contributed by atoms with van der Waals surface area (Å²) in [4.78, 5) is 13.7. The standard InChI is InChI=1S/C28H21Cl2FN4OS2/c29-20-10-13-24(22(30)16-20)35-26(33-34-28(35)38-17-19-8-11-21(31)12-9-19)23(15-18-5-2-1-3-6-18)32-27(36)25-7-4-14-37-25/h1-14,16,23H,15,17H2,(H,32,36). The van der Waals surface area contributed by atoms with Crippen molar-refractivity contribution in [3.8, 4) is 5.69 Å². The zero-order valence-corrected chi connectivity index (χ0v) is 23.0. The summed E-state index contributed by atoms with van der Waals surface area (Å²) >= 11 is 15.7. The number of rotatable bonds is 9. The van der Waals surface area contributed by atoms with E-state index in [1.807, 2.05) is 46.3 Å². The molecule has 192 valence electrons. The lowest BCUT2D eigenvalue weighted by Crippen LogP contribution is -2.31. The van der Waals surface area contributed by atoms with Crippen molar-refractivity contribution in [1.29, 1.82) is 0 Å². The fourth-order valence-corrected chi connectivity index (χ4v) is 5.94. The summed E-state index contributed by atoms with van der Waals surface area (Å²) in [5, 5.41) is 15.5. The van der Waals surface area contributed by atoms with Crippen LogP contribution in [-0.2, 0) is 12.2 Å². The molecule has 5 aromatic rings. The number of nitrogens with zero attached hydrogens (tertiary/aromatic N) is 3. The lowest BCUT2D eigenvalue weighted by atomic mass is 10.0. The van der Waals surface area contributed by atoms with Crippen molar-refractivity contribution in [3.63, 3.8) is 0 Å². The molecule has 0 fully saturated rings. The van der Waals surface area contributed by atoms with Gasteiger partial charge in [-0.1, -0.05) is 83.5 Å². The summed E-state index contributed by atoms with van der Waals surface area (Å²) in [5.41, 5.74) is 2.60. The molecule has 1 N–H and O–H groups in total. The highest BCUT2D eigenvalue weighted by molar-refractivity contribution is 7.98. The predicted molar refractivity (Wildman–Crippen MR) is 152 cm³/mol. The fourth-order valence-electron chi connectivity index (χ4n) is 3.91. The first-order valence-electron chi connectivity index (χ1n) is 11.6. The Hall–Kier alpha value is -3.17. The normalized spacial score (nSPS) is 11.9. The molecule has 0 aliphatic carbocycles. The van der Waals surface area contributed by atoms with E-state index in [2.05, 4.69) is 15.5 Å². The van der Waals surface area contributed by atoms with Gasteiger partial charge in [-0.25, -0.2) is 4.39 Å². The number of carbonyl (C=O) groups excluding carboxylic acids is 1. The molecule has 0 saturated carbocycles. The minimum atomic E-state index is -0.508. The summed E-state index contributed by atoms with van der Waals surface area (Å²) in [6.07, 6.45) is 0.490. The summed E-state index contributed by atoms with van der Waals surface area (Å²) in [6.45, 7) is 0. The number of carbonyl (C=O) groups is 1. The second-order valence-corrected chi connectivity index (χ2v) is 11.1. The van der Waals surface area contributed by atoms with Crippen molar-refractivity contribution in [1.82, 2.24) is 20.1 Å². The number of halogens is 3. The molecular formula is C28H21Cl2FN4OS2. The first-order valence-corrected chi connectivity index (χ1v) is 14.3. The molecule has 38 heavy (non-hydrogen) atoms. The smallest absolute Gasteiger partial charge is 0.261 e. The largest absolute Gasteiger partial charge is 0.341 e. The van der Waals surface area contributed by atoms with E-state index in [0.29, 0.717) is 43.8 Å². The second kappa shape index (κ2) is 12.1. The van der Waals surface area contributed by atoms with Crippen molar-refractivity contribution in [2.24, 2.45) is 0 Å². The van der Waals surface area contributed by atoms with Gasteiger partial charge in [-0.2, -0.15) is 0 Å². The Morgan fingerprint density at radius 1 is 0.974 bits per heavy atom. The monoisotopic (exact) mass is 582 g/mol.